The minimum absolute atomic E-state index is 0.158. The molecule has 0 atom stereocenters. The zero-order chi connectivity index (χ0) is 48.8. The molecule has 0 unspecified atom stereocenters. The van der Waals surface area contributed by atoms with E-state index in [0.29, 0.717) is 21.8 Å². The lowest BCUT2D eigenvalue weighted by molar-refractivity contribution is 1.15. The second kappa shape index (κ2) is 12.5. The van der Waals surface area contributed by atoms with E-state index in [4.69, 9.17) is 15.1 Å². The first-order valence-corrected chi connectivity index (χ1v) is 18.5. The minimum atomic E-state index is -0.734. The summed E-state index contributed by atoms with van der Waals surface area (Å²) >= 11 is 0. The summed E-state index contributed by atoms with van der Waals surface area (Å²) in [5.41, 5.74) is 4.96. The number of hydrogen-bond acceptors (Lipinski definition) is 0. The van der Waals surface area contributed by atoms with E-state index in [2.05, 4.69) is 63.7 Å². The summed E-state index contributed by atoms with van der Waals surface area (Å²) in [5, 5.41) is 5.68. The van der Waals surface area contributed by atoms with Gasteiger partial charge in [-0.25, -0.2) is 0 Å². The van der Waals surface area contributed by atoms with E-state index in [9.17, 15) is 2.74 Å². The third kappa shape index (κ3) is 4.73. The Bertz CT molecular complexity index is 4090. The van der Waals surface area contributed by atoms with Gasteiger partial charge in [0.25, 0.3) is 0 Å². The third-order valence-corrected chi connectivity index (χ3v) is 11.0. The van der Waals surface area contributed by atoms with Crippen molar-refractivity contribution in [3.05, 3.63) is 212 Å². The molecule has 3 heteroatoms. The highest BCUT2D eigenvalue weighted by Gasteiger charge is 2.22. The SMILES string of the molecule is [2H]c1c([2H])c([2H])c(-c2c([2H])c([2H])c([2H])c(-c3c([2H])c([2H])c([2H])c([2H])c3[2H])c2-n2c3ccccc3c3cc(-n4c5ccccc5c5ccc(-n6c7ccccc7c7ccccc76)cc54)ccc32)c([2H])c1[2H]. The van der Waals surface area contributed by atoms with Gasteiger partial charge in [0, 0.05) is 54.8 Å². The van der Waals surface area contributed by atoms with Crippen LogP contribution in [-0.2, 0) is 0 Å². The highest BCUT2D eigenvalue weighted by molar-refractivity contribution is 6.14. The molecule has 266 valence electrons. The maximum atomic E-state index is 9.49. The molecular weight excluding hydrogens is 691 g/mol. The molecule has 0 aliphatic carbocycles. The third-order valence-electron chi connectivity index (χ3n) is 11.0. The van der Waals surface area contributed by atoms with Crippen molar-refractivity contribution < 1.29 is 17.8 Å². The van der Waals surface area contributed by atoms with Gasteiger partial charge in [-0.15, -0.1) is 0 Å². The van der Waals surface area contributed by atoms with Gasteiger partial charge in [-0.2, -0.15) is 0 Å². The van der Waals surface area contributed by atoms with Gasteiger partial charge in [0.15, 0.2) is 0 Å². The van der Waals surface area contributed by atoms with Crippen LogP contribution in [0.2, 0.25) is 0 Å². The Morgan fingerprint density at radius 3 is 1.25 bits per heavy atom. The van der Waals surface area contributed by atoms with Crippen molar-refractivity contribution in [1.29, 1.82) is 0 Å². The second-order valence-corrected chi connectivity index (χ2v) is 14.0. The van der Waals surface area contributed by atoms with Gasteiger partial charge < -0.3 is 13.7 Å². The van der Waals surface area contributed by atoms with E-state index in [1.54, 1.807) is 16.7 Å². The van der Waals surface area contributed by atoms with Crippen LogP contribution in [0, 0.1) is 0 Å². The Hall–Kier alpha value is -7.62. The Morgan fingerprint density at radius 1 is 0.298 bits per heavy atom. The van der Waals surface area contributed by atoms with Crippen molar-refractivity contribution in [1.82, 2.24) is 13.7 Å². The van der Waals surface area contributed by atoms with E-state index in [1.165, 1.54) is 0 Å². The predicted octanol–water partition coefficient (Wildman–Crippen LogP) is 14.3. The number of nitrogens with zero attached hydrogens (tertiary/aromatic N) is 3. The number of aromatic nitrogens is 3. The molecule has 12 rings (SSSR count). The number of rotatable bonds is 5. The molecule has 0 fully saturated rings. The lowest BCUT2D eigenvalue weighted by atomic mass is 9.95. The van der Waals surface area contributed by atoms with Crippen LogP contribution >= 0.6 is 0 Å². The normalized spacial score (nSPS) is 15.1. The fourth-order valence-electron chi connectivity index (χ4n) is 8.65. The van der Waals surface area contributed by atoms with Crippen molar-refractivity contribution in [2.45, 2.75) is 0 Å². The quantitative estimate of drug-likeness (QED) is 0.167. The Labute approximate surface area is 347 Å². The van der Waals surface area contributed by atoms with E-state index in [0.717, 1.165) is 55.0 Å². The van der Waals surface area contributed by atoms with Crippen molar-refractivity contribution >= 4 is 65.4 Å². The largest absolute Gasteiger partial charge is 0.309 e. The summed E-state index contributed by atoms with van der Waals surface area (Å²) in [7, 11) is 0. The Balaban J connectivity index is 1.20. The lowest BCUT2D eigenvalue weighted by Gasteiger charge is -2.19. The Morgan fingerprint density at radius 2 is 0.702 bits per heavy atom. The van der Waals surface area contributed by atoms with Gasteiger partial charge in [0.2, 0.25) is 0 Å². The molecule has 0 amide bonds. The first kappa shape index (κ1) is 21.5. The van der Waals surface area contributed by atoms with Crippen LogP contribution in [-0.4, -0.2) is 13.7 Å². The van der Waals surface area contributed by atoms with E-state index in [-0.39, 0.29) is 16.8 Å². The van der Waals surface area contributed by atoms with Gasteiger partial charge in [-0.3, -0.25) is 0 Å². The molecule has 0 N–H and O–H groups in total. The number of fused-ring (bicyclic) bond motifs is 9. The molecule has 9 aromatic carbocycles. The Kier molecular flexibility index (Phi) is 4.69. The average molecular weight is 739 g/mol. The van der Waals surface area contributed by atoms with Gasteiger partial charge in [-0.1, -0.05) is 157 Å². The summed E-state index contributed by atoms with van der Waals surface area (Å²) < 4.78 is 122. The molecule has 3 nitrogen and oxygen atoms in total. The minimum Gasteiger partial charge on any atom is -0.309 e. The summed E-state index contributed by atoms with van der Waals surface area (Å²) in [6, 6.07) is 35.4. The summed E-state index contributed by atoms with van der Waals surface area (Å²) in [6.45, 7) is 0. The van der Waals surface area contributed by atoms with Crippen molar-refractivity contribution in [3.8, 4) is 39.3 Å². The second-order valence-electron chi connectivity index (χ2n) is 14.0. The monoisotopic (exact) mass is 738 g/mol. The molecule has 0 saturated heterocycles. The lowest BCUT2D eigenvalue weighted by Crippen LogP contribution is -2.01. The fourth-order valence-corrected chi connectivity index (χ4v) is 8.65. The van der Waals surface area contributed by atoms with Gasteiger partial charge >= 0.3 is 0 Å². The van der Waals surface area contributed by atoms with Gasteiger partial charge in [-0.05, 0) is 65.7 Å². The maximum Gasteiger partial charge on any atom is 0.0630 e. The first-order chi connectivity index (χ1) is 33.7. The molecule has 0 aliphatic rings. The molecule has 0 saturated carbocycles. The number of benzene rings is 9. The van der Waals surface area contributed by atoms with Crippen molar-refractivity contribution in [2.75, 3.05) is 0 Å². The number of para-hydroxylation sites is 5. The highest BCUT2D eigenvalue weighted by atomic mass is 15.0. The van der Waals surface area contributed by atoms with Gasteiger partial charge in [0.1, 0.15) is 0 Å². The molecule has 3 aromatic heterocycles. The molecular formula is C54H35N3. The van der Waals surface area contributed by atoms with Crippen LogP contribution in [0.3, 0.4) is 0 Å². The van der Waals surface area contributed by atoms with E-state index in [1.807, 2.05) is 66.7 Å². The molecule has 0 spiro atoms. The number of hydrogen-bond donors (Lipinski definition) is 0. The summed E-state index contributed by atoms with van der Waals surface area (Å²) in [6.07, 6.45) is 0. The van der Waals surface area contributed by atoms with Crippen LogP contribution in [0.4, 0.5) is 0 Å². The van der Waals surface area contributed by atoms with Crippen LogP contribution in [0.5, 0.6) is 0 Å². The zero-order valence-electron chi connectivity index (χ0n) is 43.0. The topological polar surface area (TPSA) is 14.8 Å². The molecule has 0 aliphatic heterocycles. The van der Waals surface area contributed by atoms with Crippen LogP contribution in [0.1, 0.15) is 17.8 Å². The average Bonchev–Trinajstić information content (AvgIpc) is 4.02. The fraction of sp³-hybridized carbons (Fsp3) is 0. The van der Waals surface area contributed by atoms with Crippen LogP contribution in [0.15, 0.2) is 212 Å². The zero-order valence-corrected chi connectivity index (χ0v) is 30.0. The smallest absolute Gasteiger partial charge is 0.0630 e. The molecule has 57 heavy (non-hydrogen) atoms. The standard InChI is InChI=1S/C54H35N3/c1-3-16-36(17-4-1)40-24-15-25-41(37-18-5-2-6-19-37)54(40)57-51-29-14-10-23-45(51)47-34-38(31-33-52(47)57)56-50-28-13-9-22-44(50)46-32-30-39(35-53(46)56)55-48-26-11-7-20-42(48)43-21-8-12-27-49(43)55/h1-35H/i1D,2D,3D,4D,5D,6D,15D,16D,17D,18D,19D,24D,25D. The molecule has 12 aromatic rings. The van der Waals surface area contributed by atoms with Gasteiger partial charge in [0.05, 0.1) is 56.6 Å². The maximum absolute atomic E-state index is 9.49. The molecule has 3 heterocycles. The first-order valence-electron chi connectivity index (χ1n) is 25.0. The molecule has 0 bridgehead atoms. The van der Waals surface area contributed by atoms with Crippen molar-refractivity contribution in [3.63, 3.8) is 0 Å². The highest BCUT2D eigenvalue weighted by Crippen LogP contribution is 2.43. The van der Waals surface area contributed by atoms with Crippen LogP contribution in [0.25, 0.3) is 105 Å². The summed E-state index contributed by atoms with van der Waals surface area (Å²) in [4.78, 5) is 0. The van der Waals surface area contributed by atoms with E-state index >= 15 is 0 Å². The van der Waals surface area contributed by atoms with Crippen molar-refractivity contribution in [2.24, 2.45) is 0 Å². The van der Waals surface area contributed by atoms with Crippen LogP contribution < -0.4 is 0 Å². The molecule has 0 radical (unpaired) electrons. The van der Waals surface area contributed by atoms with E-state index < -0.39 is 89.7 Å². The predicted molar refractivity (Wildman–Crippen MR) is 240 cm³/mol. The summed E-state index contributed by atoms with van der Waals surface area (Å²) in [5.74, 6) is 0.